The molecule has 11 heteroatoms. The average molecular weight is 555 g/mol. The van der Waals surface area contributed by atoms with Crippen LogP contribution in [0.4, 0.5) is 0 Å². The summed E-state index contributed by atoms with van der Waals surface area (Å²) < 4.78 is 7.68. The fourth-order valence-corrected chi connectivity index (χ4v) is 4.80. The number of hydrogen-bond acceptors (Lipinski definition) is 6. The first-order valence-corrected chi connectivity index (χ1v) is 13.8. The van der Waals surface area contributed by atoms with Gasteiger partial charge in [0.15, 0.2) is 0 Å². The van der Waals surface area contributed by atoms with Gasteiger partial charge in [-0.15, -0.1) is 0 Å². The van der Waals surface area contributed by atoms with E-state index in [0.717, 1.165) is 17.0 Å². The molecule has 1 aliphatic heterocycles. The molecule has 11 nitrogen and oxygen atoms in total. The molecular formula is C29H42N6O5. The summed E-state index contributed by atoms with van der Waals surface area (Å²) in [5, 5.41) is 13.0. The van der Waals surface area contributed by atoms with Crippen LogP contribution in [0.3, 0.4) is 0 Å². The fraction of sp³-hybridized carbons (Fsp3) is 0.552. The molecule has 2 aromatic rings. The summed E-state index contributed by atoms with van der Waals surface area (Å²) in [4.78, 5) is 54.1. The second kappa shape index (κ2) is 14.0. The topological polar surface area (TPSA) is 135 Å². The molecule has 0 spiro atoms. The standard InChI is InChI=1S/C29H42N6O5/c1-18(2)17-24-29(39)34(5)15-16-40-25-10-8-7-9-22(25)27(37)32-23(11-12-26(36)31-24)28(38)30-14-13-21-19(3)33-35(6)20(21)4/h7-10,18,23-24H,11-17H2,1-6H3,(H,30,38)(H,31,36)(H,32,37)/t23-,24-/m0/s1. The summed E-state index contributed by atoms with van der Waals surface area (Å²) in [5.41, 5.74) is 3.26. The van der Waals surface area contributed by atoms with Crippen LogP contribution in [0.1, 0.15) is 60.4 Å². The highest BCUT2D eigenvalue weighted by Gasteiger charge is 2.28. The molecular weight excluding hydrogens is 512 g/mol. The lowest BCUT2D eigenvalue weighted by Gasteiger charge is -2.26. The number of likely N-dealkylation sites (N-methyl/N-ethyl adjacent to an activating group) is 1. The van der Waals surface area contributed by atoms with E-state index in [1.165, 1.54) is 4.90 Å². The maximum absolute atomic E-state index is 13.3. The van der Waals surface area contributed by atoms with Crippen LogP contribution in [0, 0.1) is 19.8 Å². The van der Waals surface area contributed by atoms with Crippen LogP contribution in [0.2, 0.25) is 0 Å². The lowest BCUT2D eigenvalue weighted by atomic mass is 10.0. The molecule has 0 bridgehead atoms. The minimum Gasteiger partial charge on any atom is -0.491 e. The SMILES string of the molecule is Cc1nn(C)c(C)c1CCNC(=O)[C@@H]1CCC(=O)N[C@@H](CC(C)C)C(=O)N(C)CCOc2ccccc2C(=O)N1. The van der Waals surface area contributed by atoms with Crippen LogP contribution in [-0.2, 0) is 27.9 Å². The molecule has 2 atom stereocenters. The molecule has 2 heterocycles. The molecule has 1 aromatic heterocycles. The quantitative estimate of drug-likeness (QED) is 0.497. The predicted octanol–water partition coefficient (Wildman–Crippen LogP) is 1.66. The van der Waals surface area contributed by atoms with Crippen molar-refractivity contribution in [2.75, 3.05) is 26.7 Å². The number of carbonyl (C=O) groups excluding carboxylic acids is 4. The van der Waals surface area contributed by atoms with Gasteiger partial charge in [-0.3, -0.25) is 23.9 Å². The first-order chi connectivity index (χ1) is 19.0. The van der Waals surface area contributed by atoms with Gasteiger partial charge in [0.25, 0.3) is 5.91 Å². The minimum absolute atomic E-state index is 0.0388. The van der Waals surface area contributed by atoms with Crippen molar-refractivity contribution in [3.05, 3.63) is 46.8 Å². The van der Waals surface area contributed by atoms with Gasteiger partial charge in [-0.05, 0) is 56.7 Å². The van der Waals surface area contributed by atoms with Crippen molar-refractivity contribution in [2.45, 2.75) is 65.5 Å². The van der Waals surface area contributed by atoms with Gasteiger partial charge in [-0.25, -0.2) is 0 Å². The Kier molecular flexibility index (Phi) is 10.7. The largest absolute Gasteiger partial charge is 0.491 e. The maximum atomic E-state index is 13.3. The first-order valence-electron chi connectivity index (χ1n) is 13.8. The zero-order valence-electron chi connectivity index (χ0n) is 24.4. The van der Waals surface area contributed by atoms with E-state index in [-0.39, 0.29) is 49.3 Å². The third-order valence-corrected chi connectivity index (χ3v) is 7.15. The summed E-state index contributed by atoms with van der Waals surface area (Å²) in [6, 6.07) is 5.10. The minimum atomic E-state index is -0.963. The molecule has 40 heavy (non-hydrogen) atoms. The molecule has 4 amide bonds. The monoisotopic (exact) mass is 554 g/mol. The molecule has 0 unspecified atom stereocenters. The van der Waals surface area contributed by atoms with Gasteiger partial charge in [-0.1, -0.05) is 26.0 Å². The number of fused-ring (bicyclic) bond motifs is 1. The van der Waals surface area contributed by atoms with E-state index in [1.807, 2.05) is 34.7 Å². The first kappa shape index (κ1) is 30.6. The third kappa shape index (κ3) is 8.06. The molecule has 0 aliphatic carbocycles. The number of rotatable bonds is 6. The van der Waals surface area contributed by atoms with E-state index < -0.39 is 23.9 Å². The summed E-state index contributed by atoms with van der Waals surface area (Å²) in [6.45, 7) is 8.66. The summed E-state index contributed by atoms with van der Waals surface area (Å²) in [5.74, 6) is -0.904. The summed E-state index contributed by atoms with van der Waals surface area (Å²) >= 11 is 0. The van der Waals surface area contributed by atoms with Gasteiger partial charge < -0.3 is 25.6 Å². The molecule has 0 saturated carbocycles. The Labute approximate surface area is 236 Å². The number of ether oxygens (including phenoxy) is 1. The normalized spacial score (nSPS) is 19.2. The predicted molar refractivity (Wildman–Crippen MR) is 151 cm³/mol. The zero-order valence-corrected chi connectivity index (χ0v) is 24.4. The van der Waals surface area contributed by atoms with E-state index in [2.05, 4.69) is 21.0 Å². The van der Waals surface area contributed by atoms with E-state index >= 15 is 0 Å². The molecule has 1 aliphatic rings. The highest BCUT2D eigenvalue weighted by Crippen LogP contribution is 2.19. The number of nitrogens with zero attached hydrogens (tertiary/aromatic N) is 3. The Hall–Kier alpha value is -3.89. The second-order valence-electron chi connectivity index (χ2n) is 10.7. The van der Waals surface area contributed by atoms with Gasteiger partial charge in [0, 0.05) is 32.8 Å². The Morgan fingerprint density at radius 1 is 1.15 bits per heavy atom. The Morgan fingerprint density at radius 2 is 1.88 bits per heavy atom. The number of aromatic nitrogens is 2. The smallest absolute Gasteiger partial charge is 0.255 e. The number of hydrogen-bond donors (Lipinski definition) is 3. The number of benzene rings is 1. The van der Waals surface area contributed by atoms with E-state index in [9.17, 15) is 19.2 Å². The number of nitrogens with one attached hydrogen (secondary N) is 3. The van der Waals surface area contributed by atoms with Crippen LogP contribution < -0.4 is 20.7 Å². The second-order valence-corrected chi connectivity index (χ2v) is 10.7. The zero-order chi connectivity index (χ0) is 29.4. The van der Waals surface area contributed by atoms with Gasteiger partial charge in [0.1, 0.15) is 24.4 Å². The van der Waals surface area contributed by atoms with Crippen molar-refractivity contribution in [1.29, 1.82) is 0 Å². The summed E-state index contributed by atoms with van der Waals surface area (Å²) in [6.07, 6.45) is 1.09. The Morgan fingerprint density at radius 3 is 2.55 bits per heavy atom. The summed E-state index contributed by atoms with van der Waals surface area (Å²) in [7, 11) is 3.54. The number of para-hydroxylation sites is 1. The van der Waals surface area contributed by atoms with Crippen molar-refractivity contribution in [2.24, 2.45) is 13.0 Å². The Bertz CT molecular complexity index is 1220. The lowest BCUT2D eigenvalue weighted by Crippen LogP contribution is -2.50. The van der Waals surface area contributed by atoms with Crippen molar-refractivity contribution in [3.63, 3.8) is 0 Å². The van der Waals surface area contributed by atoms with Crippen LogP contribution in [0.15, 0.2) is 24.3 Å². The van der Waals surface area contributed by atoms with Crippen molar-refractivity contribution in [1.82, 2.24) is 30.6 Å². The van der Waals surface area contributed by atoms with Gasteiger partial charge in [-0.2, -0.15) is 5.10 Å². The molecule has 3 rings (SSSR count). The fourth-order valence-electron chi connectivity index (χ4n) is 4.80. The molecule has 0 saturated heterocycles. The van der Waals surface area contributed by atoms with Crippen molar-refractivity contribution in [3.8, 4) is 5.75 Å². The Balaban J connectivity index is 1.80. The van der Waals surface area contributed by atoms with Crippen molar-refractivity contribution < 1.29 is 23.9 Å². The molecule has 3 N–H and O–H groups in total. The number of aryl methyl sites for hydroxylation is 2. The maximum Gasteiger partial charge on any atom is 0.255 e. The number of amides is 4. The number of carbonyl (C=O) groups is 4. The third-order valence-electron chi connectivity index (χ3n) is 7.15. The molecule has 0 radical (unpaired) electrons. The van der Waals surface area contributed by atoms with Crippen LogP contribution >= 0.6 is 0 Å². The molecule has 218 valence electrons. The lowest BCUT2D eigenvalue weighted by molar-refractivity contribution is -0.136. The van der Waals surface area contributed by atoms with Crippen LogP contribution in [-0.4, -0.2) is 77.1 Å². The van der Waals surface area contributed by atoms with E-state index in [1.54, 1.807) is 36.0 Å². The van der Waals surface area contributed by atoms with E-state index in [4.69, 9.17) is 4.74 Å². The van der Waals surface area contributed by atoms with Gasteiger partial charge in [0.05, 0.1) is 17.8 Å². The van der Waals surface area contributed by atoms with Gasteiger partial charge >= 0.3 is 0 Å². The highest BCUT2D eigenvalue weighted by atomic mass is 16.5. The van der Waals surface area contributed by atoms with Gasteiger partial charge in [0.2, 0.25) is 17.7 Å². The highest BCUT2D eigenvalue weighted by molar-refractivity contribution is 5.99. The van der Waals surface area contributed by atoms with Crippen molar-refractivity contribution >= 4 is 23.6 Å². The van der Waals surface area contributed by atoms with Crippen LogP contribution in [0.5, 0.6) is 5.75 Å². The van der Waals surface area contributed by atoms with E-state index in [0.29, 0.717) is 25.1 Å². The average Bonchev–Trinajstić information content (AvgIpc) is 3.15. The molecule has 1 aromatic carbocycles. The molecule has 0 fully saturated rings. The van der Waals surface area contributed by atoms with Crippen LogP contribution in [0.25, 0.3) is 0 Å².